The summed E-state index contributed by atoms with van der Waals surface area (Å²) in [6.07, 6.45) is -1.30. The molecule has 0 aliphatic rings. The zero-order chi connectivity index (χ0) is 14.0. The van der Waals surface area contributed by atoms with E-state index in [1.807, 2.05) is 0 Å². The standard InChI is InChI=1S/C14H11BrF2O2/c1-19-13-5-2-8(15)6-11(13)14(18)10-7-9(16)3-4-12(10)17/h2-7,14,18H,1H3. The number of hydrogen-bond acceptors (Lipinski definition) is 2. The fraction of sp³-hybridized carbons (Fsp3) is 0.143. The van der Waals surface area contributed by atoms with Crippen LogP contribution in [0.25, 0.3) is 0 Å². The first-order chi connectivity index (χ1) is 9.02. The van der Waals surface area contributed by atoms with Crippen molar-refractivity contribution in [1.82, 2.24) is 0 Å². The molecule has 0 aliphatic heterocycles. The van der Waals surface area contributed by atoms with Crippen molar-refractivity contribution in [3.05, 3.63) is 63.6 Å². The smallest absolute Gasteiger partial charge is 0.129 e. The second-order valence-corrected chi connectivity index (χ2v) is 4.87. The Labute approximate surface area is 117 Å². The van der Waals surface area contributed by atoms with Gasteiger partial charge in [0, 0.05) is 15.6 Å². The van der Waals surface area contributed by atoms with Gasteiger partial charge in [-0.15, -0.1) is 0 Å². The fourth-order valence-electron chi connectivity index (χ4n) is 1.81. The predicted molar refractivity (Wildman–Crippen MR) is 71.1 cm³/mol. The zero-order valence-corrected chi connectivity index (χ0v) is 11.6. The number of hydrogen-bond donors (Lipinski definition) is 1. The van der Waals surface area contributed by atoms with Crippen molar-refractivity contribution in [3.8, 4) is 5.75 Å². The van der Waals surface area contributed by atoms with Crippen LogP contribution in [0.4, 0.5) is 8.78 Å². The topological polar surface area (TPSA) is 29.5 Å². The van der Waals surface area contributed by atoms with Crippen LogP contribution in [0.2, 0.25) is 0 Å². The highest BCUT2D eigenvalue weighted by atomic mass is 79.9. The van der Waals surface area contributed by atoms with Crippen molar-refractivity contribution in [3.63, 3.8) is 0 Å². The summed E-state index contributed by atoms with van der Waals surface area (Å²) < 4.78 is 32.7. The summed E-state index contributed by atoms with van der Waals surface area (Å²) in [6.45, 7) is 0. The minimum Gasteiger partial charge on any atom is -0.496 e. The van der Waals surface area contributed by atoms with Crippen molar-refractivity contribution < 1.29 is 18.6 Å². The van der Waals surface area contributed by atoms with Crippen molar-refractivity contribution >= 4 is 15.9 Å². The summed E-state index contributed by atoms with van der Waals surface area (Å²) in [5.41, 5.74) is 0.234. The van der Waals surface area contributed by atoms with E-state index in [0.29, 0.717) is 15.8 Å². The Balaban J connectivity index is 2.51. The summed E-state index contributed by atoms with van der Waals surface area (Å²) in [6, 6.07) is 7.94. The fourth-order valence-corrected chi connectivity index (χ4v) is 2.19. The first-order valence-electron chi connectivity index (χ1n) is 5.49. The van der Waals surface area contributed by atoms with Crippen LogP contribution in [0, 0.1) is 11.6 Å². The molecule has 0 saturated heterocycles. The highest BCUT2D eigenvalue weighted by Gasteiger charge is 2.19. The van der Waals surface area contributed by atoms with Gasteiger partial charge in [0.25, 0.3) is 0 Å². The number of aliphatic hydroxyl groups excluding tert-OH is 1. The van der Waals surface area contributed by atoms with Crippen molar-refractivity contribution in [1.29, 1.82) is 0 Å². The normalized spacial score (nSPS) is 12.3. The van der Waals surface area contributed by atoms with E-state index in [1.54, 1.807) is 18.2 Å². The van der Waals surface area contributed by atoms with Crippen LogP contribution in [-0.4, -0.2) is 12.2 Å². The second kappa shape index (κ2) is 5.67. The van der Waals surface area contributed by atoms with E-state index >= 15 is 0 Å². The number of methoxy groups -OCH3 is 1. The van der Waals surface area contributed by atoms with Gasteiger partial charge >= 0.3 is 0 Å². The third kappa shape index (κ3) is 2.93. The number of ether oxygens (including phenoxy) is 1. The van der Waals surface area contributed by atoms with Crippen molar-refractivity contribution in [2.24, 2.45) is 0 Å². The summed E-state index contributed by atoms with van der Waals surface area (Å²) in [7, 11) is 1.45. The minimum atomic E-state index is -1.30. The van der Waals surface area contributed by atoms with E-state index < -0.39 is 17.7 Å². The van der Waals surface area contributed by atoms with E-state index in [0.717, 1.165) is 18.2 Å². The van der Waals surface area contributed by atoms with Gasteiger partial charge < -0.3 is 9.84 Å². The quantitative estimate of drug-likeness (QED) is 0.928. The molecule has 100 valence electrons. The molecule has 19 heavy (non-hydrogen) atoms. The Hall–Kier alpha value is -1.46. The Morgan fingerprint density at radius 3 is 2.53 bits per heavy atom. The van der Waals surface area contributed by atoms with Crippen LogP contribution < -0.4 is 4.74 Å². The van der Waals surface area contributed by atoms with Gasteiger partial charge in [-0.3, -0.25) is 0 Å². The number of rotatable bonds is 3. The maximum Gasteiger partial charge on any atom is 0.129 e. The summed E-state index contributed by atoms with van der Waals surface area (Å²) in [4.78, 5) is 0. The van der Waals surface area contributed by atoms with Crippen LogP contribution in [0.5, 0.6) is 5.75 Å². The maximum atomic E-state index is 13.7. The molecule has 5 heteroatoms. The molecule has 0 heterocycles. The predicted octanol–water partition coefficient (Wildman–Crippen LogP) is 3.82. The Bertz CT molecular complexity index is 602. The van der Waals surface area contributed by atoms with Crippen LogP contribution in [0.1, 0.15) is 17.2 Å². The van der Waals surface area contributed by atoms with Gasteiger partial charge in [-0.2, -0.15) is 0 Å². The van der Waals surface area contributed by atoms with E-state index in [-0.39, 0.29) is 5.56 Å². The SMILES string of the molecule is COc1ccc(Br)cc1C(O)c1cc(F)ccc1F. The molecule has 2 aromatic carbocycles. The molecule has 0 amide bonds. The van der Waals surface area contributed by atoms with Crippen LogP contribution in [0.15, 0.2) is 40.9 Å². The molecule has 0 radical (unpaired) electrons. The van der Waals surface area contributed by atoms with Gasteiger partial charge in [0.15, 0.2) is 0 Å². The highest BCUT2D eigenvalue weighted by Crippen LogP contribution is 2.33. The molecule has 0 bridgehead atoms. The third-order valence-electron chi connectivity index (χ3n) is 2.74. The van der Waals surface area contributed by atoms with Gasteiger partial charge in [-0.1, -0.05) is 15.9 Å². The molecule has 0 aliphatic carbocycles. The van der Waals surface area contributed by atoms with Crippen LogP contribution >= 0.6 is 15.9 Å². The molecule has 2 nitrogen and oxygen atoms in total. The van der Waals surface area contributed by atoms with Crippen molar-refractivity contribution in [2.45, 2.75) is 6.10 Å². The van der Waals surface area contributed by atoms with Gasteiger partial charge in [0.05, 0.1) is 7.11 Å². The first-order valence-corrected chi connectivity index (χ1v) is 6.28. The van der Waals surface area contributed by atoms with E-state index in [1.165, 1.54) is 7.11 Å². The van der Waals surface area contributed by atoms with Crippen LogP contribution in [0.3, 0.4) is 0 Å². The van der Waals surface area contributed by atoms with E-state index in [4.69, 9.17) is 4.74 Å². The molecule has 2 aromatic rings. The lowest BCUT2D eigenvalue weighted by atomic mass is 10.00. The van der Waals surface area contributed by atoms with Crippen molar-refractivity contribution in [2.75, 3.05) is 7.11 Å². The Morgan fingerprint density at radius 1 is 1.11 bits per heavy atom. The highest BCUT2D eigenvalue weighted by molar-refractivity contribution is 9.10. The molecular weight excluding hydrogens is 318 g/mol. The first kappa shape index (κ1) is 14.0. The molecule has 1 unspecified atom stereocenters. The molecule has 0 saturated carbocycles. The van der Waals surface area contributed by atoms with Gasteiger partial charge in [-0.05, 0) is 36.4 Å². The minimum absolute atomic E-state index is 0.128. The Morgan fingerprint density at radius 2 is 1.84 bits per heavy atom. The molecule has 0 aromatic heterocycles. The number of aliphatic hydroxyl groups is 1. The Kier molecular flexibility index (Phi) is 4.17. The monoisotopic (exact) mass is 328 g/mol. The molecular formula is C14H11BrF2O2. The average molecular weight is 329 g/mol. The lowest BCUT2D eigenvalue weighted by Gasteiger charge is -2.16. The largest absolute Gasteiger partial charge is 0.496 e. The van der Waals surface area contributed by atoms with Gasteiger partial charge in [0.2, 0.25) is 0 Å². The molecule has 1 atom stereocenters. The summed E-state index contributed by atoms with van der Waals surface area (Å²) in [5.74, 6) is -0.875. The number of benzene rings is 2. The molecule has 1 N–H and O–H groups in total. The second-order valence-electron chi connectivity index (χ2n) is 3.95. The third-order valence-corrected chi connectivity index (χ3v) is 3.23. The zero-order valence-electron chi connectivity index (χ0n) is 10.0. The average Bonchev–Trinajstić information content (AvgIpc) is 2.40. The van der Waals surface area contributed by atoms with E-state index in [2.05, 4.69) is 15.9 Å². The lowest BCUT2D eigenvalue weighted by Crippen LogP contribution is -2.05. The molecule has 0 fully saturated rings. The van der Waals surface area contributed by atoms with Crippen LogP contribution in [-0.2, 0) is 0 Å². The molecule has 2 rings (SSSR count). The van der Waals surface area contributed by atoms with E-state index in [9.17, 15) is 13.9 Å². The molecule has 0 spiro atoms. The maximum absolute atomic E-state index is 13.7. The summed E-state index contributed by atoms with van der Waals surface area (Å²) >= 11 is 3.26. The lowest BCUT2D eigenvalue weighted by molar-refractivity contribution is 0.209. The van der Waals surface area contributed by atoms with Gasteiger partial charge in [-0.25, -0.2) is 8.78 Å². The van der Waals surface area contributed by atoms with Gasteiger partial charge in [0.1, 0.15) is 23.5 Å². The number of halogens is 3. The summed E-state index contributed by atoms with van der Waals surface area (Å²) in [5, 5.41) is 10.2.